The molecule has 2 aromatic rings. The van der Waals surface area contributed by atoms with E-state index in [0.29, 0.717) is 17.9 Å². The summed E-state index contributed by atoms with van der Waals surface area (Å²) >= 11 is 1.73. The first-order valence-electron chi connectivity index (χ1n) is 6.25. The number of benzene rings is 2. The molecule has 4 heteroatoms. The van der Waals surface area contributed by atoms with Gasteiger partial charge >= 0.3 is 0 Å². The van der Waals surface area contributed by atoms with E-state index in [1.807, 2.05) is 30.3 Å². The van der Waals surface area contributed by atoms with Crippen LogP contribution < -0.4 is 10.5 Å². The fourth-order valence-electron chi connectivity index (χ4n) is 1.82. The van der Waals surface area contributed by atoms with E-state index in [4.69, 9.17) is 15.7 Å². The third-order valence-corrected chi connectivity index (χ3v) is 4.03. The Hall–Kier alpha value is -1.96. The zero-order valence-corrected chi connectivity index (χ0v) is 12.1. The quantitative estimate of drug-likeness (QED) is 0.856. The van der Waals surface area contributed by atoms with Crippen molar-refractivity contribution in [3.05, 3.63) is 59.2 Å². The first-order chi connectivity index (χ1) is 9.76. The molecule has 0 saturated carbocycles. The molecule has 2 N–H and O–H groups in total. The highest BCUT2D eigenvalue weighted by molar-refractivity contribution is 7.98. The summed E-state index contributed by atoms with van der Waals surface area (Å²) in [5.74, 6) is 1.44. The van der Waals surface area contributed by atoms with Crippen molar-refractivity contribution in [1.82, 2.24) is 0 Å². The van der Waals surface area contributed by atoms with Gasteiger partial charge in [-0.2, -0.15) is 5.26 Å². The number of thioether (sulfide) groups is 1. The number of hydrogen-bond donors (Lipinski definition) is 1. The molecule has 0 amide bonds. The van der Waals surface area contributed by atoms with Gasteiger partial charge in [-0.15, -0.1) is 11.8 Å². The fraction of sp³-hybridized carbons (Fsp3) is 0.188. The molecule has 2 aromatic carbocycles. The number of methoxy groups -OCH3 is 1. The maximum absolute atomic E-state index is 9.07. The Morgan fingerprint density at radius 3 is 2.45 bits per heavy atom. The summed E-state index contributed by atoms with van der Waals surface area (Å²) in [6.07, 6.45) is 0. The molecule has 0 aliphatic heterocycles. The largest absolute Gasteiger partial charge is 0.495 e. The minimum Gasteiger partial charge on any atom is -0.495 e. The van der Waals surface area contributed by atoms with Gasteiger partial charge in [-0.3, -0.25) is 0 Å². The minimum atomic E-state index is 0.564. The molecule has 0 heterocycles. The first-order valence-corrected chi connectivity index (χ1v) is 7.24. The Kier molecular flexibility index (Phi) is 5.05. The lowest BCUT2D eigenvalue weighted by Crippen LogP contribution is -1.95. The van der Waals surface area contributed by atoms with Crippen molar-refractivity contribution < 1.29 is 4.74 Å². The summed E-state index contributed by atoms with van der Waals surface area (Å²) in [4.78, 5) is 1.19. The van der Waals surface area contributed by atoms with Crippen LogP contribution in [0.2, 0.25) is 0 Å². The van der Waals surface area contributed by atoms with Crippen molar-refractivity contribution in [2.24, 2.45) is 5.73 Å². The molecular weight excluding hydrogens is 268 g/mol. The van der Waals surface area contributed by atoms with Crippen LogP contribution in [-0.2, 0) is 12.3 Å². The van der Waals surface area contributed by atoms with Gasteiger partial charge in [0.15, 0.2) is 0 Å². The number of hydrogen-bond acceptors (Lipinski definition) is 4. The smallest absolute Gasteiger partial charge is 0.136 e. The molecule has 2 rings (SSSR count). The first kappa shape index (κ1) is 14.4. The average molecular weight is 284 g/mol. The van der Waals surface area contributed by atoms with Crippen LogP contribution >= 0.6 is 11.8 Å². The second-order valence-corrected chi connectivity index (χ2v) is 5.33. The molecule has 0 fully saturated rings. The van der Waals surface area contributed by atoms with Gasteiger partial charge in [0.05, 0.1) is 12.7 Å². The van der Waals surface area contributed by atoms with E-state index in [1.165, 1.54) is 4.90 Å². The predicted molar refractivity (Wildman–Crippen MR) is 81.6 cm³/mol. The van der Waals surface area contributed by atoms with E-state index in [1.54, 1.807) is 18.9 Å². The normalized spacial score (nSPS) is 10.1. The third kappa shape index (κ3) is 3.53. The van der Waals surface area contributed by atoms with E-state index in [9.17, 15) is 0 Å². The maximum Gasteiger partial charge on any atom is 0.136 e. The third-order valence-electron chi connectivity index (χ3n) is 2.95. The lowest BCUT2D eigenvalue weighted by molar-refractivity contribution is 0.413. The van der Waals surface area contributed by atoms with Crippen LogP contribution in [0.25, 0.3) is 0 Å². The van der Waals surface area contributed by atoms with Crippen molar-refractivity contribution in [3.63, 3.8) is 0 Å². The summed E-state index contributed by atoms with van der Waals surface area (Å²) in [5.41, 5.74) is 8.39. The molecule has 3 nitrogen and oxygen atoms in total. The van der Waals surface area contributed by atoms with Gasteiger partial charge < -0.3 is 10.5 Å². The molecular formula is C16H16N2OS. The second kappa shape index (κ2) is 6.99. The average Bonchev–Trinajstić information content (AvgIpc) is 2.53. The number of rotatable bonds is 5. The molecule has 0 atom stereocenters. The molecule has 0 spiro atoms. The van der Waals surface area contributed by atoms with Crippen molar-refractivity contribution in [3.8, 4) is 11.8 Å². The number of nitrogens with zero attached hydrogens (tertiary/aromatic N) is 1. The Morgan fingerprint density at radius 2 is 1.85 bits per heavy atom. The number of nitrogens with two attached hydrogens (primary N) is 1. The van der Waals surface area contributed by atoms with Crippen LogP contribution in [0.15, 0.2) is 47.4 Å². The highest BCUT2D eigenvalue weighted by Crippen LogP contribution is 2.26. The molecule has 0 unspecified atom stereocenters. The lowest BCUT2D eigenvalue weighted by Gasteiger charge is -2.06. The molecule has 0 aliphatic rings. The van der Waals surface area contributed by atoms with Gasteiger partial charge in [-0.1, -0.05) is 18.2 Å². The summed E-state index contributed by atoms with van der Waals surface area (Å²) in [7, 11) is 1.57. The van der Waals surface area contributed by atoms with Crippen molar-refractivity contribution >= 4 is 11.8 Å². The van der Waals surface area contributed by atoms with E-state index < -0.39 is 0 Å². The predicted octanol–water partition coefficient (Wildman–Crippen LogP) is 3.32. The van der Waals surface area contributed by atoms with Crippen LogP contribution in [-0.4, -0.2) is 7.11 Å². The van der Waals surface area contributed by atoms with Gasteiger partial charge in [0.2, 0.25) is 0 Å². The Balaban J connectivity index is 2.05. The van der Waals surface area contributed by atoms with Gasteiger partial charge in [0, 0.05) is 17.2 Å². The Labute approximate surface area is 123 Å². The monoisotopic (exact) mass is 284 g/mol. The Morgan fingerprint density at radius 1 is 1.15 bits per heavy atom. The van der Waals surface area contributed by atoms with Gasteiger partial charge in [-0.05, 0) is 35.4 Å². The topological polar surface area (TPSA) is 59.0 Å². The van der Waals surface area contributed by atoms with E-state index in [0.717, 1.165) is 16.9 Å². The zero-order valence-electron chi connectivity index (χ0n) is 11.3. The van der Waals surface area contributed by atoms with Crippen molar-refractivity contribution in [2.45, 2.75) is 17.2 Å². The molecule has 0 aliphatic carbocycles. The number of nitriles is 1. The van der Waals surface area contributed by atoms with Crippen molar-refractivity contribution in [2.75, 3.05) is 7.11 Å². The van der Waals surface area contributed by atoms with Crippen LogP contribution in [0, 0.1) is 11.3 Å². The van der Waals surface area contributed by atoms with Crippen LogP contribution in [0.1, 0.15) is 16.7 Å². The van der Waals surface area contributed by atoms with Gasteiger partial charge in [-0.25, -0.2) is 0 Å². The second-order valence-electron chi connectivity index (χ2n) is 4.28. The van der Waals surface area contributed by atoms with Gasteiger partial charge in [0.25, 0.3) is 0 Å². The molecule has 20 heavy (non-hydrogen) atoms. The molecule has 0 aromatic heterocycles. The van der Waals surface area contributed by atoms with E-state index in [2.05, 4.69) is 18.2 Å². The minimum absolute atomic E-state index is 0.564. The van der Waals surface area contributed by atoms with Crippen LogP contribution in [0.4, 0.5) is 0 Å². The van der Waals surface area contributed by atoms with Crippen molar-refractivity contribution in [1.29, 1.82) is 5.26 Å². The highest BCUT2D eigenvalue weighted by atomic mass is 32.2. The fourth-order valence-corrected chi connectivity index (χ4v) is 2.66. The summed E-state index contributed by atoms with van der Waals surface area (Å²) < 4.78 is 5.14. The highest BCUT2D eigenvalue weighted by Gasteiger charge is 2.04. The molecule has 102 valence electrons. The standard InChI is InChI=1S/C16H16N2OS/c1-19-16-7-4-13(8-14(16)10-18)11-20-15-5-2-12(9-17)3-6-15/h2-8H,9,11,17H2,1H3. The molecule has 0 radical (unpaired) electrons. The maximum atomic E-state index is 9.07. The summed E-state index contributed by atoms with van der Waals surface area (Å²) in [6, 6.07) is 16.1. The van der Waals surface area contributed by atoms with E-state index >= 15 is 0 Å². The van der Waals surface area contributed by atoms with Gasteiger partial charge in [0.1, 0.15) is 11.8 Å². The molecule has 0 bridgehead atoms. The molecule has 0 saturated heterocycles. The lowest BCUT2D eigenvalue weighted by atomic mass is 10.1. The number of ether oxygens (including phenoxy) is 1. The SMILES string of the molecule is COc1ccc(CSc2ccc(CN)cc2)cc1C#N. The summed E-state index contributed by atoms with van der Waals surface area (Å²) in [5, 5.41) is 9.07. The zero-order chi connectivity index (χ0) is 14.4. The van der Waals surface area contributed by atoms with Crippen LogP contribution in [0.5, 0.6) is 5.75 Å². The summed E-state index contributed by atoms with van der Waals surface area (Å²) in [6.45, 7) is 0.564. The van der Waals surface area contributed by atoms with Crippen LogP contribution in [0.3, 0.4) is 0 Å². The Bertz CT molecular complexity index is 617. The van der Waals surface area contributed by atoms with E-state index in [-0.39, 0.29) is 0 Å².